The van der Waals surface area contributed by atoms with E-state index in [0.717, 1.165) is 0 Å². The molecule has 0 aromatic carbocycles. The molecule has 1 heterocycles. The van der Waals surface area contributed by atoms with Crippen LogP contribution in [0.3, 0.4) is 0 Å². The van der Waals surface area contributed by atoms with Crippen molar-refractivity contribution in [2.75, 3.05) is 6.61 Å². The van der Waals surface area contributed by atoms with Crippen LogP contribution in [0.1, 0.15) is 17.5 Å². The summed E-state index contributed by atoms with van der Waals surface area (Å²) in [5.74, 6) is -0.392. The smallest absolute Gasteiger partial charge is 1.00 e. The Balaban J connectivity index is -0.000000151. The predicted octanol–water partition coefficient (Wildman–Crippen LogP) is -7.35. The fourth-order valence-electron chi connectivity index (χ4n) is 0.576. The van der Waals surface area contributed by atoms with Crippen LogP contribution >= 0.6 is 15.9 Å². The molecule has 0 aliphatic carbocycles. The Bertz CT molecular complexity index is 272. The average molecular weight is 320 g/mol. The SMILES string of the molecule is CCOC(=O)c1[c-]cc(Br)o1.[Cl-].[Cl-].[Li+].[Mg+2]. The first-order valence-electron chi connectivity index (χ1n) is 3.08. The summed E-state index contributed by atoms with van der Waals surface area (Å²) in [6.07, 6.45) is 0. The molecule has 3 nitrogen and oxygen atoms in total. The van der Waals surface area contributed by atoms with Crippen LogP contribution in [0.15, 0.2) is 15.2 Å². The van der Waals surface area contributed by atoms with Crippen LogP contribution in [-0.2, 0) is 4.74 Å². The van der Waals surface area contributed by atoms with Crippen molar-refractivity contribution < 1.29 is 57.6 Å². The molecule has 0 N–H and O–H groups in total. The Morgan fingerprint density at radius 1 is 1.60 bits per heavy atom. The molecule has 0 atom stereocenters. The summed E-state index contributed by atoms with van der Waals surface area (Å²) in [6, 6.07) is 4.12. The second-order valence-corrected chi connectivity index (χ2v) is 2.53. The predicted molar refractivity (Wildman–Crippen MR) is 47.0 cm³/mol. The minimum Gasteiger partial charge on any atom is -1.00 e. The first-order valence-corrected chi connectivity index (χ1v) is 3.87. The largest absolute Gasteiger partial charge is 2.00 e. The van der Waals surface area contributed by atoms with Crippen LogP contribution in [0.4, 0.5) is 0 Å². The quantitative estimate of drug-likeness (QED) is 0.309. The van der Waals surface area contributed by atoms with Crippen molar-refractivity contribution in [3.63, 3.8) is 0 Å². The van der Waals surface area contributed by atoms with Gasteiger partial charge in [0.2, 0.25) is 0 Å². The summed E-state index contributed by atoms with van der Waals surface area (Å²) >= 11 is 3.05. The van der Waals surface area contributed by atoms with Gasteiger partial charge in [-0.25, -0.2) is 0 Å². The van der Waals surface area contributed by atoms with Gasteiger partial charge in [0.15, 0.2) is 0 Å². The number of esters is 1. The van der Waals surface area contributed by atoms with Crippen molar-refractivity contribution in [2.45, 2.75) is 6.92 Å². The Hall–Kier alpha value is 1.17. The second kappa shape index (κ2) is 13.2. The molecule has 8 heteroatoms. The van der Waals surface area contributed by atoms with Crippen molar-refractivity contribution in [1.29, 1.82) is 0 Å². The molecule has 15 heavy (non-hydrogen) atoms. The summed E-state index contributed by atoms with van der Waals surface area (Å²) in [5, 5.41) is 0. The number of furan rings is 1. The van der Waals surface area contributed by atoms with Crippen molar-refractivity contribution in [3.05, 3.63) is 22.6 Å². The normalized spacial score (nSPS) is 7.07. The number of hydrogen-bond donors (Lipinski definition) is 0. The van der Waals surface area contributed by atoms with E-state index in [9.17, 15) is 4.79 Å². The maximum absolute atomic E-state index is 10.9. The van der Waals surface area contributed by atoms with Gasteiger partial charge in [-0.2, -0.15) is 0 Å². The van der Waals surface area contributed by atoms with Gasteiger partial charge < -0.3 is 38.8 Å². The van der Waals surface area contributed by atoms with Crippen molar-refractivity contribution in [2.24, 2.45) is 0 Å². The minimum absolute atomic E-state index is 0. The number of carbonyl (C=O) groups excluding carboxylic acids is 1. The van der Waals surface area contributed by atoms with Gasteiger partial charge in [-0.1, -0.05) is 15.9 Å². The maximum Gasteiger partial charge on any atom is 2.00 e. The molecule has 0 bridgehead atoms. The van der Waals surface area contributed by atoms with Crippen LogP contribution in [0, 0.1) is 6.07 Å². The molecule has 0 amide bonds. The topological polar surface area (TPSA) is 39.4 Å². The first kappa shape index (κ1) is 25.1. The Labute approximate surface area is 137 Å². The summed E-state index contributed by atoms with van der Waals surface area (Å²) in [5.41, 5.74) is 0. The zero-order valence-corrected chi connectivity index (χ0v) is 12.9. The molecule has 0 saturated carbocycles. The Morgan fingerprint density at radius 2 is 2.13 bits per heavy atom. The number of carbonyl (C=O) groups is 1. The molecule has 1 aromatic rings. The summed E-state index contributed by atoms with van der Waals surface area (Å²) in [6.45, 7) is 2.07. The summed E-state index contributed by atoms with van der Waals surface area (Å²) < 4.78 is 10.0. The number of hydrogen-bond acceptors (Lipinski definition) is 3. The standard InChI is InChI=1S/C7H6BrO3.2ClH.Li.Mg/c1-2-10-7(9)5-3-4-6(8)11-5;;;;/h4H,2H2,1H3;2*1H;;/q-1;;;+1;+2/p-2. The van der Waals surface area contributed by atoms with E-state index in [0.29, 0.717) is 11.3 Å². The van der Waals surface area contributed by atoms with E-state index in [1.165, 1.54) is 6.07 Å². The van der Waals surface area contributed by atoms with Gasteiger partial charge in [0.1, 0.15) is 0 Å². The van der Waals surface area contributed by atoms with E-state index in [1.54, 1.807) is 6.92 Å². The van der Waals surface area contributed by atoms with Crippen molar-refractivity contribution >= 4 is 45.0 Å². The summed E-state index contributed by atoms with van der Waals surface area (Å²) in [4.78, 5) is 10.9. The molecule has 0 radical (unpaired) electrons. The molecule has 0 saturated heterocycles. The van der Waals surface area contributed by atoms with Gasteiger partial charge in [-0.05, 0) is 6.92 Å². The molecule has 0 spiro atoms. The molecule has 1 aromatic heterocycles. The first-order chi connectivity index (χ1) is 5.24. The molecular weight excluding hydrogens is 314 g/mol. The maximum atomic E-state index is 10.9. The van der Waals surface area contributed by atoms with E-state index in [2.05, 4.69) is 26.7 Å². The van der Waals surface area contributed by atoms with E-state index in [-0.39, 0.29) is 72.5 Å². The molecule has 0 aliphatic rings. The van der Waals surface area contributed by atoms with Crippen LogP contribution < -0.4 is 43.7 Å². The van der Waals surface area contributed by atoms with Gasteiger partial charge in [-0.3, -0.25) is 0 Å². The molecule has 0 fully saturated rings. The molecule has 76 valence electrons. The van der Waals surface area contributed by atoms with Gasteiger partial charge in [-0.15, -0.1) is 12.1 Å². The van der Waals surface area contributed by atoms with Crippen LogP contribution in [0.5, 0.6) is 0 Å². The van der Waals surface area contributed by atoms with Gasteiger partial charge in [0, 0.05) is 0 Å². The molecule has 1 rings (SSSR count). The summed E-state index contributed by atoms with van der Waals surface area (Å²) in [7, 11) is 0. The third kappa shape index (κ3) is 8.93. The van der Waals surface area contributed by atoms with Crippen LogP contribution in [0.25, 0.3) is 0 Å². The van der Waals surface area contributed by atoms with Gasteiger partial charge in [0.05, 0.1) is 17.0 Å². The van der Waals surface area contributed by atoms with Crippen molar-refractivity contribution in [3.8, 4) is 0 Å². The third-order valence-corrected chi connectivity index (χ3v) is 1.37. The Kier molecular flexibility index (Phi) is 22.2. The van der Waals surface area contributed by atoms with Crippen LogP contribution in [0.2, 0.25) is 0 Å². The number of halogens is 3. The fourth-order valence-corrected chi connectivity index (χ4v) is 0.852. The number of rotatable bonds is 2. The zero-order valence-electron chi connectivity index (χ0n) is 8.35. The van der Waals surface area contributed by atoms with Gasteiger partial charge >= 0.3 is 41.9 Å². The molecular formula is C7H6BrCl2LiMgO3. The molecule has 0 unspecified atom stereocenters. The Morgan fingerprint density at radius 3 is 2.47 bits per heavy atom. The minimum atomic E-state index is -0.488. The van der Waals surface area contributed by atoms with Crippen molar-refractivity contribution in [1.82, 2.24) is 0 Å². The third-order valence-electron chi connectivity index (χ3n) is 0.977. The number of ether oxygens (including phenoxy) is 1. The van der Waals surface area contributed by atoms with Crippen LogP contribution in [-0.4, -0.2) is 35.6 Å². The average Bonchev–Trinajstić information content (AvgIpc) is 2.36. The van der Waals surface area contributed by atoms with E-state index >= 15 is 0 Å². The van der Waals surface area contributed by atoms with Gasteiger partial charge in [0.25, 0.3) is 5.97 Å². The monoisotopic (exact) mass is 318 g/mol. The second-order valence-electron chi connectivity index (χ2n) is 1.74. The van der Waals surface area contributed by atoms with E-state index in [4.69, 9.17) is 4.42 Å². The molecule has 0 aliphatic heterocycles. The fraction of sp³-hybridized carbons (Fsp3) is 0.286. The zero-order chi connectivity index (χ0) is 8.27. The van der Waals surface area contributed by atoms with E-state index < -0.39 is 5.97 Å². The van der Waals surface area contributed by atoms with E-state index in [1.807, 2.05) is 0 Å².